The van der Waals surface area contributed by atoms with Crippen molar-refractivity contribution in [2.45, 2.75) is 13.8 Å². The van der Waals surface area contributed by atoms with Gasteiger partial charge < -0.3 is 15.4 Å². The zero-order valence-corrected chi connectivity index (χ0v) is 11.3. The van der Waals surface area contributed by atoms with Crippen LogP contribution < -0.4 is 10.5 Å². The molecule has 4 heteroatoms. The maximum absolute atomic E-state index is 12.0. The third-order valence-corrected chi connectivity index (χ3v) is 2.87. The van der Waals surface area contributed by atoms with E-state index in [9.17, 15) is 4.79 Å². The van der Waals surface area contributed by atoms with Crippen LogP contribution in [-0.2, 0) is 4.79 Å². The Balaban J connectivity index is 2.38. The van der Waals surface area contributed by atoms with Crippen molar-refractivity contribution in [2.24, 2.45) is 11.1 Å². The number of ether oxygens (including phenoxy) is 1. The van der Waals surface area contributed by atoms with Gasteiger partial charge >= 0.3 is 0 Å². The number of hydrogen-bond donors (Lipinski definition) is 1. The van der Waals surface area contributed by atoms with Crippen LogP contribution in [0, 0.1) is 5.41 Å². The number of hydrogen-bond acceptors (Lipinski definition) is 3. The zero-order chi connectivity index (χ0) is 13.6. The average Bonchev–Trinajstić information content (AvgIpc) is 2.39. The van der Waals surface area contributed by atoms with E-state index in [1.807, 2.05) is 44.2 Å². The van der Waals surface area contributed by atoms with Gasteiger partial charge in [-0.25, -0.2) is 0 Å². The Morgan fingerprint density at radius 1 is 1.33 bits per heavy atom. The van der Waals surface area contributed by atoms with Crippen LogP contribution >= 0.6 is 0 Å². The van der Waals surface area contributed by atoms with Gasteiger partial charge in [0.2, 0.25) is 5.91 Å². The number of nitrogens with two attached hydrogens (primary N) is 1. The van der Waals surface area contributed by atoms with E-state index in [1.54, 1.807) is 11.9 Å². The summed E-state index contributed by atoms with van der Waals surface area (Å²) in [5.41, 5.74) is 5.07. The lowest BCUT2D eigenvalue weighted by molar-refractivity contribution is -0.138. The fraction of sp³-hybridized carbons (Fsp3) is 0.500. The van der Waals surface area contributed by atoms with Crippen LogP contribution in [0.3, 0.4) is 0 Å². The molecule has 2 N–H and O–H groups in total. The van der Waals surface area contributed by atoms with Gasteiger partial charge in [-0.05, 0) is 26.0 Å². The van der Waals surface area contributed by atoms with Gasteiger partial charge in [-0.3, -0.25) is 4.79 Å². The van der Waals surface area contributed by atoms with Crippen LogP contribution in [0.4, 0.5) is 0 Å². The lowest BCUT2D eigenvalue weighted by Crippen LogP contribution is -2.44. The van der Waals surface area contributed by atoms with Crippen molar-refractivity contribution < 1.29 is 9.53 Å². The minimum Gasteiger partial charge on any atom is -0.492 e. The Morgan fingerprint density at radius 2 is 1.94 bits per heavy atom. The van der Waals surface area contributed by atoms with Crippen LogP contribution in [0.1, 0.15) is 13.8 Å². The lowest BCUT2D eigenvalue weighted by Gasteiger charge is -2.28. The summed E-state index contributed by atoms with van der Waals surface area (Å²) in [7, 11) is 1.77. The van der Waals surface area contributed by atoms with Gasteiger partial charge in [-0.15, -0.1) is 0 Å². The van der Waals surface area contributed by atoms with Gasteiger partial charge in [0.25, 0.3) is 0 Å². The van der Waals surface area contributed by atoms with Gasteiger partial charge in [0, 0.05) is 13.6 Å². The normalized spacial score (nSPS) is 11.1. The predicted molar refractivity (Wildman–Crippen MR) is 72.4 cm³/mol. The highest BCUT2D eigenvalue weighted by Gasteiger charge is 2.28. The Hall–Kier alpha value is -1.55. The molecule has 0 unspecified atom stereocenters. The number of rotatable bonds is 6. The third kappa shape index (κ3) is 4.04. The fourth-order valence-electron chi connectivity index (χ4n) is 1.52. The molecule has 4 nitrogen and oxygen atoms in total. The summed E-state index contributed by atoms with van der Waals surface area (Å²) < 4.78 is 5.55. The monoisotopic (exact) mass is 250 g/mol. The molecule has 18 heavy (non-hydrogen) atoms. The van der Waals surface area contributed by atoms with Gasteiger partial charge in [-0.2, -0.15) is 0 Å². The molecule has 1 amide bonds. The first kappa shape index (κ1) is 14.5. The van der Waals surface area contributed by atoms with Gasteiger partial charge in [0.15, 0.2) is 0 Å². The van der Waals surface area contributed by atoms with E-state index in [-0.39, 0.29) is 5.91 Å². The number of benzene rings is 1. The molecule has 0 saturated heterocycles. The van der Waals surface area contributed by atoms with E-state index in [2.05, 4.69) is 0 Å². The standard InChI is InChI=1S/C14H22N2O2/c1-14(2,11-15)13(17)16(3)9-10-18-12-7-5-4-6-8-12/h4-8H,9-11,15H2,1-3H3. The lowest BCUT2D eigenvalue weighted by atomic mass is 9.92. The minimum atomic E-state index is -0.512. The van der Waals surface area contributed by atoms with Crippen LogP contribution in [0.25, 0.3) is 0 Å². The number of carbonyl (C=O) groups is 1. The predicted octanol–water partition coefficient (Wildman–Crippen LogP) is 1.51. The Bertz CT molecular complexity index is 377. The molecular formula is C14H22N2O2. The Kier molecular flexibility index (Phi) is 5.16. The quantitative estimate of drug-likeness (QED) is 0.832. The molecule has 100 valence electrons. The smallest absolute Gasteiger partial charge is 0.229 e. The molecule has 0 aliphatic heterocycles. The van der Waals surface area contributed by atoms with Gasteiger partial charge in [-0.1, -0.05) is 18.2 Å². The average molecular weight is 250 g/mol. The van der Waals surface area contributed by atoms with Crippen molar-refractivity contribution in [1.29, 1.82) is 0 Å². The summed E-state index contributed by atoms with van der Waals surface area (Å²) in [6.45, 7) is 5.08. The number of para-hydroxylation sites is 1. The molecule has 1 rings (SSSR count). The number of nitrogens with zero attached hydrogens (tertiary/aromatic N) is 1. The van der Waals surface area contributed by atoms with Crippen LogP contribution in [0.15, 0.2) is 30.3 Å². The van der Waals surface area contributed by atoms with Crippen LogP contribution in [-0.4, -0.2) is 37.6 Å². The topological polar surface area (TPSA) is 55.6 Å². The molecule has 0 saturated carbocycles. The molecule has 0 radical (unpaired) electrons. The molecule has 0 bridgehead atoms. The fourth-order valence-corrected chi connectivity index (χ4v) is 1.52. The second kappa shape index (κ2) is 6.40. The molecule has 0 heterocycles. The highest BCUT2D eigenvalue weighted by atomic mass is 16.5. The summed E-state index contributed by atoms with van der Waals surface area (Å²) in [6, 6.07) is 9.56. The molecule has 0 aliphatic rings. The molecule has 0 atom stereocenters. The first-order valence-corrected chi connectivity index (χ1v) is 6.11. The highest BCUT2D eigenvalue weighted by molar-refractivity contribution is 5.81. The second-order valence-electron chi connectivity index (χ2n) is 4.98. The van der Waals surface area contributed by atoms with Crippen molar-refractivity contribution in [2.75, 3.05) is 26.7 Å². The summed E-state index contributed by atoms with van der Waals surface area (Å²) in [5.74, 6) is 0.859. The first-order valence-electron chi connectivity index (χ1n) is 6.11. The van der Waals surface area contributed by atoms with Crippen LogP contribution in [0.5, 0.6) is 5.75 Å². The van der Waals surface area contributed by atoms with Gasteiger partial charge in [0.1, 0.15) is 12.4 Å². The second-order valence-corrected chi connectivity index (χ2v) is 4.98. The van der Waals surface area contributed by atoms with E-state index in [0.29, 0.717) is 19.7 Å². The first-order chi connectivity index (χ1) is 8.47. The molecular weight excluding hydrogens is 228 g/mol. The zero-order valence-electron chi connectivity index (χ0n) is 11.3. The molecule has 1 aromatic carbocycles. The maximum atomic E-state index is 12.0. The molecule has 1 aromatic rings. The molecule has 0 aromatic heterocycles. The van der Waals surface area contributed by atoms with Crippen molar-refractivity contribution in [3.05, 3.63) is 30.3 Å². The van der Waals surface area contributed by atoms with Crippen molar-refractivity contribution in [3.63, 3.8) is 0 Å². The minimum absolute atomic E-state index is 0.0432. The van der Waals surface area contributed by atoms with Crippen molar-refractivity contribution in [1.82, 2.24) is 4.90 Å². The maximum Gasteiger partial charge on any atom is 0.229 e. The van der Waals surface area contributed by atoms with Crippen LogP contribution in [0.2, 0.25) is 0 Å². The van der Waals surface area contributed by atoms with Gasteiger partial charge in [0.05, 0.1) is 12.0 Å². The summed E-state index contributed by atoms with van der Waals surface area (Å²) in [5, 5.41) is 0. The summed E-state index contributed by atoms with van der Waals surface area (Å²) in [6.07, 6.45) is 0. The van der Waals surface area contributed by atoms with E-state index in [0.717, 1.165) is 5.75 Å². The largest absolute Gasteiger partial charge is 0.492 e. The molecule has 0 aliphatic carbocycles. The molecule has 0 spiro atoms. The summed E-state index contributed by atoms with van der Waals surface area (Å²) >= 11 is 0. The SMILES string of the molecule is CN(CCOc1ccccc1)C(=O)C(C)(C)CN. The Morgan fingerprint density at radius 3 is 2.50 bits per heavy atom. The van der Waals surface area contributed by atoms with Crippen molar-refractivity contribution >= 4 is 5.91 Å². The van der Waals surface area contributed by atoms with E-state index >= 15 is 0 Å². The van der Waals surface area contributed by atoms with Crippen molar-refractivity contribution in [3.8, 4) is 5.75 Å². The highest BCUT2D eigenvalue weighted by Crippen LogP contribution is 2.16. The van der Waals surface area contributed by atoms with E-state index in [4.69, 9.17) is 10.5 Å². The Labute approximate surface area is 109 Å². The summed E-state index contributed by atoms with van der Waals surface area (Å²) in [4.78, 5) is 13.7. The third-order valence-electron chi connectivity index (χ3n) is 2.87. The van der Waals surface area contributed by atoms with E-state index < -0.39 is 5.41 Å². The van der Waals surface area contributed by atoms with E-state index in [1.165, 1.54) is 0 Å². The number of carbonyl (C=O) groups excluding carboxylic acids is 1. The number of amides is 1. The molecule has 0 fully saturated rings. The number of likely N-dealkylation sites (N-methyl/N-ethyl adjacent to an activating group) is 1.